The maximum absolute atomic E-state index is 10.8. The Kier molecular flexibility index (Phi) is 3.85. The van der Waals surface area contributed by atoms with Crippen LogP contribution in [0.5, 0.6) is 0 Å². The Morgan fingerprint density at radius 2 is 1.95 bits per heavy atom. The van der Waals surface area contributed by atoms with Crippen molar-refractivity contribution in [1.82, 2.24) is 4.98 Å². The van der Waals surface area contributed by atoms with Gasteiger partial charge in [-0.15, -0.1) is 0 Å². The Labute approximate surface area is 113 Å². The van der Waals surface area contributed by atoms with Crippen molar-refractivity contribution in [3.63, 3.8) is 0 Å². The normalized spacial score (nSPS) is 10.0. The average Bonchev–Trinajstić information content (AvgIpc) is 2.45. The number of anilines is 1. The number of pyridine rings is 1. The van der Waals surface area contributed by atoms with E-state index in [2.05, 4.69) is 10.3 Å². The van der Waals surface area contributed by atoms with Gasteiger partial charge in [0.25, 0.3) is 5.69 Å². The first-order chi connectivity index (χ1) is 9.58. The van der Waals surface area contributed by atoms with Gasteiger partial charge in [-0.05, 0) is 11.6 Å². The Bertz CT molecular complexity index is 659. The monoisotopic (exact) mass is 274 g/mol. The molecule has 8 nitrogen and oxygen atoms in total. The first-order valence-corrected chi connectivity index (χ1v) is 5.63. The molecule has 0 bridgehead atoms. The summed E-state index contributed by atoms with van der Waals surface area (Å²) in [5.41, 5.74) is 0.813. The number of nitro benzene ring substituents is 1. The summed E-state index contributed by atoms with van der Waals surface area (Å²) in [4.78, 5) is 24.1. The first-order valence-electron chi connectivity index (χ1n) is 5.63. The van der Waals surface area contributed by atoms with Gasteiger partial charge in [0.15, 0.2) is 0 Å². The molecule has 0 fully saturated rings. The van der Waals surface area contributed by atoms with Gasteiger partial charge in [0.2, 0.25) is 0 Å². The Hall–Kier alpha value is -3.03. The Balaban J connectivity index is 2.15. The molecular weight excluding hydrogens is 264 g/mol. The molecule has 0 atom stereocenters. The molecule has 2 rings (SSSR count). The van der Waals surface area contributed by atoms with Crippen molar-refractivity contribution in [3.05, 3.63) is 68.5 Å². The predicted molar refractivity (Wildman–Crippen MR) is 71.3 cm³/mol. The molecule has 8 heteroatoms. The van der Waals surface area contributed by atoms with E-state index in [1.807, 2.05) is 0 Å². The van der Waals surface area contributed by atoms with E-state index in [9.17, 15) is 20.2 Å². The van der Waals surface area contributed by atoms with Gasteiger partial charge < -0.3 is 5.32 Å². The summed E-state index contributed by atoms with van der Waals surface area (Å²) in [6.07, 6.45) is 2.58. The molecule has 1 aromatic carbocycles. The van der Waals surface area contributed by atoms with Crippen molar-refractivity contribution in [3.8, 4) is 0 Å². The number of nitrogens with zero attached hydrogens (tertiary/aromatic N) is 3. The fourth-order valence-corrected chi connectivity index (χ4v) is 1.66. The van der Waals surface area contributed by atoms with E-state index in [0.717, 1.165) is 6.20 Å². The number of non-ortho nitro benzene ring substituents is 1. The zero-order valence-electron chi connectivity index (χ0n) is 10.2. The maximum atomic E-state index is 10.8. The lowest BCUT2D eigenvalue weighted by Gasteiger charge is -2.06. The van der Waals surface area contributed by atoms with Crippen LogP contribution in [-0.4, -0.2) is 14.8 Å². The molecule has 20 heavy (non-hydrogen) atoms. The molecule has 0 aliphatic rings. The number of rotatable bonds is 5. The minimum atomic E-state index is -0.539. The van der Waals surface area contributed by atoms with Gasteiger partial charge in [-0.2, -0.15) is 0 Å². The van der Waals surface area contributed by atoms with Crippen LogP contribution in [0.4, 0.5) is 17.1 Å². The number of nitro groups is 2. The fraction of sp³-hybridized carbons (Fsp3) is 0.0833. The van der Waals surface area contributed by atoms with Crippen LogP contribution >= 0.6 is 0 Å². The topological polar surface area (TPSA) is 111 Å². The van der Waals surface area contributed by atoms with E-state index in [4.69, 9.17) is 0 Å². The van der Waals surface area contributed by atoms with Crippen molar-refractivity contribution in [2.24, 2.45) is 0 Å². The number of aromatic nitrogens is 1. The van der Waals surface area contributed by atoms with Crippen LogP contribution in [0, 0.1) is 20.2 Å². The average molecular weight is 274 g/mol. The molecule has 0 saturated heterocycles. The van der Waals surface area contributed by atoms with Crippen molar-refractivity contribution in [2.45, 2.75) is 6.54 Å². The van der Waals surface area contributed by atoms with E-state index >= 15 is 0 Å². The first kappa shape index (κ1) is 13.4. The third-order valence-corrected chi connectivity index (χ3v) is 2.60. The summed E-state index contributed by atoms with van der Waals surface area (Å²) >= 11 is 0. The van der Waals surface area contributed by atoms with Gasteiger partial charge in [-0.3, -0.25) is 25.2 Å². The Morgan fingerprint density at radius 1 is 1.15 bits per heavy atom. The van der Waals surface area contributed by atoms with Gasteiger partial charge in [0.1, 0.15) is 11.9 Å². The van der Waals surface area contributed by atoms with Crippen LogP contribution in [0.1, 0.15) is 5.56 Å². The van der Waals surface area contributed by atoms with E-state index in [1.165, 1.54) is 24.4 Å². The van der Waals surface area contributed by atoms with E-state index < -0.39 is 9.85 Å². The lowest BCUT2D eigenvalue weighted by atomic mass is 10.2. The molecule has 0 saturated carbocycles. The van der Waals surface area contributed by atoms with Gasteiger partial charge in [0, 0.05) is 24.9 Å². The van der Waals surface area contributed by atoms with Crippen LogP contribution in [-0.2, 0) is 6.54 Å². The highest BCUT2D eigenvalue weighted by molar-refractivity contribution is 5.59. The largest absolute Gasteiger partial charge is 0.375 e. The quantitative estimate of drug-likeness (QED) is 0.662. The van der Waals surface area contributed by atoms with Crippen LogP contribution in [0.15, 0.2) is 42.7 Å². The Morgan fingerprint density at radius 3 is 2.65 bits per heavy atom. The molecule has 0 spiro atoms. The molecular formula is C12H10N4O4. The third kappa shape index (κ3) is 3.05. The van der Waals surface area contributed by atoms with E-state index in [-0.39, 0.29) is 17.9 Å². The second-order valence-electron chi connectivity index (χ2n) is 3.93. The summed E-state index contributed by atoms with van der Waals surface area (Å²) in [6, 6.07) is 7.55. The molecule has 0 radical (unpaired) electrons. The van der Waals surface area contributed by atoms with Gasteiger partial charge in [-0.25, -0.2) is 0 Å². The number of hydrogen-bond donors (Lipinski definition) is 1. The van der Waals surface area contributed by atoms with Crippen molar-refractivity contribution in [2.75, 3.05) is 5.32 Å². The molecule has 0 aliphatic heterocycles. The second kappa shape index (κ2) is 5.74. The van der Waals surface area contributed by atoms with Crippen LogP contribution < -0.4 is 5.32 Å². The smallest absolute Gasteiger partial charge is 0.310 e. The number of nitrogens with one attached hydrogen (secondary N) is 1. The highest BCUT2D eigenvalue weighted by atomic mass is 16.6. The standard InChI is InChI=1S/C12H10N4O4/c17-15(18)10-3-1-2-9(6-10)7-14-11-4-5-13-8-12(11)16(19)20/h1-6,8H,7H2,(H,13,14). The van der Waals surface area contributed by atoms with E-state index in [1.54, 1.807) is 12.1 Å². The SMILES string of the molecule is O=[N+]([O-])c1cccc(CNc2ccncc2[N+](=O)[O-])c1. The minimum Gasteiger partial charge on any atom is -0.375 e. The lowest BCUT2D eigenvalue weighted by Crippen LogP contribution is -2.03. The molecule has 0 amide bonds. The summed E-state index contributed by atoms with van der Waals surface area (Å²) in [7, 11) is 0. The fourth-order valence-electron chi connectivity index (χ4n) is 1.66. The molecule has 2 aromatic rings. The minimum absolute atomic E-state index is 0.0199. The highest BCUT2D eigenvalue weighted by Gasteiger charge is 2.13. The number of benzene rings is 1. The summed E-state index contributed by atoms with van der Waals surface area (Å²) in [6.45, 7) is 0.243. The predicted octanol–water partition coefficient (Wildman–Crippen LogP) is 2.51. The highest BCUT2D eigenvalue weighted by Crippen LogP contribution is 2.23. The van der Waals surface area contributed by atoms with Gasteiger partial charge in [-0.1, -0.05) is 12.1 Å². The number of hydrogen-bond acceptors (Lipinski definition) is 6. The molecule has 102 valence electrons. The second-order valence-corrected chi connectivity index (χ2v) is 3.93. The summed E-state index contributed by atoms with van der Waals surface area (Å²) in [5, 5.41) is 24.3. The zero-order chi connectivity index (χ0) is 14.5. The van der Waals surface area contributed by atoms with Crippen molar-refractivity contribution >= 4 is 17.1 Å². The van der Waals surface area contributed by atoms with Crippen molar-refractivity contribution in [1.29, 1.82) is 0 Å². The molecule has 0 unspecified atom stereocenters. The third-order valence-electron chi connectivity index (χ3n) is 2.60. The lowest BCUT2D eigenvalue weighted by molar-refractivity contribution is -0.384. The van der Waals surface area contributed by atoms with E-state index in [0.29, 0.717) is 11.3 Å². The zero-order valence-corrected chi connectivity index (χ0v) is 10.2. The van der Waals surface area contributed by atoms with Gasteiger partial charge >= 0.3 is 5.69 Å². The molecule has 1 heterocycles. The molecule has 1 N–H and O–H groups in total. The maximum Gasteiger partial charge on any atom is 0.310 e. The van der Waals surface area contributed by atoms with Crippen LogP contribution in [0.3, 0.4) is 0 Å². The van der Waals surface area contributed by atoms with Crippen LogP contribution in [0.2, 0.25) is 0 Å². The van der Waals surface area contributed by atoms with Crippen LogP contribution in [0.25, 0.3) is 0 Å². The molecule has 1 aromatic heterocycles. The molecule has 0 aliphatic carbocycles. The summed E-state index contributed by atoms with van der Waals surface area (Å²) in [5.74, 6) is 0. The van der Waals surface area contributed by atoms with Gasteiger partial charge in [0.05, 0.1) is 9.85 Å². The van der Waals surface area contributed by atoms with Crippen molar-refractivity contribution < 1.29 is 9.85 Å². The summed E-state index contributed by atoms with van der Waals surface area (Å²) < 4.78 is 0.